The van der Waals surface area contributed by atoms with Gasteiger partial charge in [0.2, 0.25) is 0 Å². The standard InChI is InChI=1S/C27H27N3O4S/c1-27(2,3)34-26(32)29-18-12-13-20-22(15-18)30(16-19-9-7-8-14-28-19)17-24(20)35-23-11-6-5-10-21(23)25(31)33-4/h5-15,17H,16H2,1-4H3,(H,29,32). The predicted molar refractivity (Wildman–Crippen MR) is 137 cm³/mol. The van der Waals surface area contributed by atoms with Crippen molar-refractivity contribution in [3.63, 3.8) is 0 Å². The first-order chi connectivity index (χ1) is 16.7. The number of rotatable bonds is 6. The van der Waals surface area contributed by atoms with Crippen LogP contribution in [0.5, 0.6) is 0 Å². The number of carbonyl (C=O) groups is 2. The van der Waals surface area contributed by atoms with Crippen LogP contribution in [0, 0.1) is 0 Å². The monoisotopic (exact) mass is 489 g/mol. The molecule has 2 heterocycles. The predicted octanol–water partition coefficient (Wildman–Crippen LogP) is 6.37. The maximum absolute atomic E-state index is 12.3. The Labute approximate surface area is 208 Å². The van der Waals surface area contributed by atoms with Crippen LogP contribution in [0.25, 0.3) is 10.9 Å². The van der Waals surface area contributed by atoms with E-state index in [0.717, 1.165) is 26.4 Å². The molecule has 0 unspecified atom stereocenters. The number of methoxy groups -OCH3 is 1. The van der Waals surface area contributed by atoms with Crippen molar-refractivity contribution in [2.45, 2.75) is 42.7 Å². The highest BCUT2D eigenvalue weighted by Gasteiger charge is 2.19. The van der Waals surface area contributed by atoms with Crippen molar-refractivity contribution in [2.24, 2.45) is 0 Å². The second-order valence-corrected chi connectivity index (χ2v) is 9.97. The minimum absolute atomic E-state index is 0.380. The maximum atomic E-state index is 12.3. The number of nitrogens with one attached hydrogen (secondary N) is 1. The fraction of sp³-hybridized carbons (Fsp3) is 0.222. The van der Waals surface area contributed by atoms with E-state index in [-0.39, 0.29) is 5.97 Å². The average Bonchev–Trinajstić information content (AvgIpc) is 3.14. The highest BCUT2D eigenvalue weighted by Crippen LogP contribution is 2.38. The molecule has 0 saturated carbocycles. The van der Waals surface area contributed by atoms with E-state index in [4.69, 9.17) is 9.47 Å². The van der Waals surface area contributed by atoms with Crippen molar-refractivity contribution in [1.82, 2.24) is 9.55 Å². The number of nitrogens with zero attached hydrogens (tertiary/aromatic N) is 2. The van der Waals surface area contributed by atoms with Crippen LogP contribution in [0.4, 0.5) is 10.5 Å². The summed E-state index contributed by atoms with van der Waals surface area (Å²) in [6, 6.07) is 18.9. The van der Waals surface area contributed by atoms with Crippen LogP contribution in [0.15, 0.2) is 82.8 Å². The first kappa shape index (κ1) is 24.3. The SMILES string of the molecule is COC(=O)c1ccccc1Sc1cn(Cc2ccccn2)c2cc(NC(=O)OC(C)(C)C)ccc12. The molecule has 1 amide bonds. The van der Waals surface area contributed by atoms with Gasteiger partial charge in [0, 0.05) is 33.3 Å². The van der Waals surface area contributed by atoms with Crippen LogP contribution < -0.4 is 5.32 Å². The van der Waals surface area contributed by atoms with Crippen LogP contribution in [0.1, 0.15) is 36.8 Å². The number of hydrogen-bond acceptors (Lipinski definition) is 6. The molecule has 1 N–H and O–H groups in total. The van der Waals surface area contributed by atoms with Crippen molar-refractivity contribution in [1.29, 1.82) is 0 Å². The van der Waals surface area contributed by atoms with Gasteiger partial charge in [0.1, 0.15) is 5.60 Å². The second kappa shape index (κ2) is 10.2. The van der Waals surface area contributed by atoms with E-state index in [1.807, 2.05) is 81.6 Å². The smallest absolute Gasteiger partial charge is 0.412 e. The van der Waals surface area contributed by atoms with Gasteiger partial charge in [-0.05, 0) is 63.2 Å². The third-order valence-electron chi connectivity index (χ3n) is 5.06. The summed E-state index contributed by atoms with van der Waals surface area (Å²) >= 11 is 1.49. The Morgan fingerprint density at radius 1 is 1.03 bits per heavy atom. The lowest BCUT2D eigenvalue weighted by Gasteiger charge is -2.19. The van der Waals surface area contributed by atoms with Crippen molar-refractivity contribution in [3.8, 4) is 0 Å². The molecule has 4 aromatic rings. The van der Waals surface area contributed by atoms with Gasteiger partial charge in [0.25, 0.3) is 0 Å². The molecule has 4 rings (SSSR count). The Balaban J connectivity index is 1.73. The van der Waals surface area contributed by atoms with Gasteiger partial charge in [-0.1, -0.05) is 30.0 Å². The summed E-state index contributed by atoms with van der Waals surface area (Å²) in [5.41, 5.74) is 2.36. The molecule has 180 valence electrons. The number of anilines is 1. The summed E-state index contributed by atoms with van der Waals surface area (Å²) in [6.45, 7) is 6.02. The molecule has 0 radical (unpaired) electrons. The minimum atomic E-state index is -0.593. The van der Waals surface area contributed by atoms with Gasteiger partial charge >= 0.3 is 12.1 Å². The van der Waals surface area contributed by atoms with Crippen molar-refractivity contribution >= 4 is 40.4 Å². The van der Waals surface area contributed by atoms with Gasteiger partial charge in [-0.25, -0.2) is 9.59 Å². The molecule has 8 heteroatoms. The Morgan fingerprint density at radius 3 is 2.51 bits per heavy atom. The Bertz CT molecular complexity index is 1360. The summed E-state index contributed by atoms with van der Waals surface area (Å²) < 4.78 is 12.4. The fourth-order valence-corrected chi connectivity index (χ4v) is 4.70. The van der Waals surface area contributed by atoms with Gasteiger partial charge in [-0.3, -0.25) is 10.3 Å². The molecule has 0 aliphatic rings. The van der Waals surface area contributed by atoms with Gasteiger partial charge < -0.3 is 14.0 Å². The quantitative estimate of drug-likeness (QED) is 0.317. The first-order valence-corrected chi connectivity index (χ1v) is 11.9. The van der Waals surface area contributed by atoms with E-state index in [0.29, 0.717) is 17.8 Å². The lowest BCUT2D eigenvalue weighted by molar-refractivity contribution is 0.0594. The van der Waals surface area contributed by atoms with Crippen LogP contribution in [0.3, 0.4) is 0 Å². The molecule has 35 heavy (non-hydrogen) atoms. The molecule has 0 spiro atoms. The molecule has 0 fully saturated rings. The zero-order valence-electron chi connectivity index (χ0n) is 20.1. The summed E-state index contributed by atoms with van der Waals surface area (Å²) in [5, 5.41) is 3.80. The van der Waals surface area contributed by atoms with Crippen molar-refractivity contribution < 1.29 is 19.1 Å². The molecule has 0 atom stereocenters. The number of hydrogen-bond donors (Lipinski definition) is 1. The highest BCUT2D eigenvalue weighted by molar-refractivity contribution is 7.99. The fourth-order valence-electron chi connectivity index (χ4n) is 3.59. The number of fused-ring (bicyclic) bond motifs is 1. The van der Waals surface area contributed by atoms with Crippen LogP contribution in [-0.2, 0) is 16.0 Å². The van der Waals surface area contributed by atoms with Crippen molar-refractivity contribution in [3.05, 3.63) is 84.3 Å². The molecule has 0 saturated heterocycles. The molecular formula is C27H27N3O4S. The number of amides is 1. The number of ether oxygens (including phenoxy) is 2. The number of carbonyl (C=O) groups excluding carboxylic acids is 2. The highest BCUT2D eigenvalue weighted by atomic mass is 32.2. The van der Waals surface area contributed by atoms with Crippen LogP contribution in [0.2, 0.25) is 0 Å². The Morgan fingerprint density at radius 2 is 1.80 bits per heavy atom. The van der Waals surface area contributed by atoms with E-state index >= 15 is 0 Å². The zero-order chi connectivity index (χ0) is 25.0. The molecule has 2 aromatic heterocycles. The molecular weight excluding hydrogens is 462 g/mol. The molecule has 0 aliphatic heterocycles. The third-order valence-corrected chi connectivity index (χ3v) is 6.18. The number of pyridine rings is 1. The lowest BCUT2D eigenvalue weighted by Crippen LogP contribution is -2.27. The molecule has 2 aromatic carbocycles. The van der Waals surface area contributed by atoms with Gasteiger partial charge in [-0.15, -0.1) is 0 Å². The Kier molecular flexibility index (Phi) is 7.12. The minimum Gasteiger partial charge on any atom is -0.465 e. The largest absolute Gasteiger partial charge is 0.465 e. The lowest BCUT2D eigenvalue weighted by atomic mass is 10.2. The summed E-state index contributed by atoms with van der Waals surface area (Å²) in [5.74, 6) is -0.380. The number of aromatic nitrogens is 2. The van der Waals surface area contributed by atoms with Gasteiger partial charge in [-0.2, -0.15) is 0 Å². The maximum Gasteiger partial charge on any atom is 0.412 e. The van der Waals surface area contributed by atoms with Gasteiger partial charge in [0.05, 0.1) is 30.4 Å². The summed E-state index contributed by atoms with van der Waals surface area (Å²) in [6.07, 6.45) is 3.29. The summed E-state index contributed by atoms with van der Waals surface area (Å²) in [4.78, 5) is 30.8. The van der Waals surface area contributed by atoms with E-state index in [9.17, 15) is 9.59 Å². The first-order valence-electron chi connectivity index (χ1n) is 11.1. The van der Waals surface area contributed by atoms with E-state index in [1.54, 1.807) is 12.3 Å². The normalized spacial score (nSPS) is 11.3. The number of esters is 1. The van der Waals surface area contributed by atoms with E-state index < -0.39 is 11.7 Å². The molecule has 0 bridgehead atoms. The topological polar surface area (TPSA) is 82.5 Å². The van der Waals surface area contributed by atoms with E-state index in [1.165, 1.54) is 18.9 Å². The zero-order valence-corrected chi connectivity index (χ0v) is 20.9. The Hall–Kier alpha value is -3.78. The van der Waals surface area contributed by atoms with Crippen LogP contribution in [-0.4, -0.2) is 34.3 Å². The molecule has 7 nitrogen and oxygen atoms in total. The second-order valence-electron chi connectivity index (χ2n) is 8.89. The van der Waals surface area contributed by atoms with Gasteiger partial charge in [0.15, 0.2) is 0 Å². The molecule has 0 aliphatic carbocycles. The number of benzene rings is 2. The van der Waals surface area contributed by atoms with E-state index in [2.05, 4.69) is 14.9 Å². The average molecular weight is 490 g/mol. The summed E-state index contributed by atoms with van der Waals surface area (Å²) in [7, 11) is 1.38. The van der Waals surface area contributed by atoms with Crippen LogP contribution >= 0.6 is 11.8 Å². The third kappa shape index (κ3) is 6.02. The van der Waals surface area contributed by atoms with Crippen molar-refractivity contribution in [2.75, 3.05) is 12.4 Å².